The van der Waals surface area contributed by atoms with E-state index in [0.717, 1.165) is 26.3 Å². The predicted molar refractivity (Wildman–Crippen MR) is 139 cm³/mol. The smallest absolute Gasteiger partial charge is 0.371 e. The Morgan fingerprint density at radius 1 is 0.757 bits per heavy atom. The number of terminal acetylenes is 2. The third kappa shape index (κ3) is 12.3. The molecule has 0 aliphatic carbocycles. The van der Waals surface area contributed by atoms with Crippen LogP contribution < -0.4 is 5.32 Å². The zero-order valence-electron chi connectivity index (χ0n) is 19.9. The Labute approximate surface area is 216 Å². The Morgan fingerprint density at radius 2 is 1.19 bits per heavy atom. The molecule has 37 heavy (non-hydrogen) atoms. The zero-order chi connectivity index (χ0) is 27.2. The second kappa shape index (κ2) is 15.4. The van der Waals surface area contributed by atoms with Crippen LogP contribution in [-0.4, -0.2) is 65.3 Å². The van der Waals surface area contributed by atoms with Crippen LogP contribution in [0.2, 0.25) is 0 Å². The zero-order valence-corrected chi connectivity index (χ0v) is 21.5. The molecule has 0 bridgehead atoms. The average molecular weight is 557 g/mol. The van der Waals surface area contributed by atoms with Crippen molar-refractivity contribution in [3.8, 4) is 24.7 Å². The molecule has 2 aromatic rings. The maximum Gasteiger partial charge on any atom is 0.371 e. The Morgan fingerprint density at radius 3 is 1.54 bits per heavy atom. The Bertz CT molecular complexity index is 1290. The summed E-state index contributed by atoms with van der Waals surface area (Å²) in [6.45, 7) is 5.13. The van der Waals surface area contributed by atoms with Gasteiger partial charge in [0.15, 0.2) is 0 Å². The number of halogens is 3. The van der Waals surface area contributed by atoms with Crippen LogP contribution in [0, 0.1) is 24.7 Å². The molecule has 1 unspecified atom stereocenters. The predicted octanol–water partition coefficient (Wildman–Crippen LogP) is 4.04. The normalized spacial score (nSPS) is 17.2. The second-order valence-electron chi connectivity index (χ2n) is 7.30. The van der Waals surface area contributed by atoms with Gasteiger partial charge in [0.2, 0.25) is 0 Å². The third-order valence-electron chi connectivity index (χ3n) is 4.63. The molecule has 8 nitrogen and oxygen atoms in total. The summed E-state index contributed by atoms with van der Waals surface area (Å²) in [5, 5.41) is 3.16. The van der Waals surface area contributed by atoms with Crippen molar-refractivity contribution >= 4 is 32.2 Å². The van der Waals surface area contributed by atoms with Gasteiger partial charge in [0.25, 0.3) is 10.3 Å². The molecule has 4 rings (SSSR count). The maximum atomic E-state index is 14.0. The van der Waals surface area contributed by atoms with Crippen LogP contribution in [0.3, 0.4) is 0 Å². The highest BCUT2D eigenvalue weighted by Crippen LogP contribution is 2.20. The van der Waals surface area contributed by atoms with E-state index in [4.69, 9.17) is 22.3 Å². The fourth-order valence-corrected chi connectivity index (χ4v) is 4.30. The highest BCUT2D eigenvalue weighted by Gasteiger charge is 2.22. The summed E-state index contributed by atoms with van der Waals surface area (Å²) in [4.78, 5) is 0. The minimum atomic E-state index is -5.07. The SMILES string of the molecule is C#Cc1ccc(N=S(=O)(F)F)cc1.C#Cc1ccc(N=S(=O)(F)N2CCOCC2)cc1.C1COCCN1. The van der Waals surface area contributed by atoms with Crippen LogP contribution in [0.15, 0.2) is 57.3 Å². The van der Waals surface area contributed by atoms with Gasteiger partial charge in [-0.3, -0.25) is 0 Å². The van der Waals surface area contributed by atoms with Crippen LogP contribution in [0.4, 0.5) is 23.0 Å². The number of nitrogens with zero attached hydrogens (tertiary/aromatic N) is 3. The molecule has 2 saturated heterocycles. The summed E-state index contributed by atoms with van der Waals surface area (Å²) in [5.74, 6) is 4.76. The second-order valence-corrected chi connectivity index (χ2v) is 9.84. The molecule has 0 aromatic heterocycles. The van der Waals surface area contributed by atoms with E-state index in [2.05, 4.69) is 25.9 Å². The minimum Gasteiger partial charge on any atom is -0.379 e. The first-order valence-electron chi connectivity index (χ1n) is 11.0. The van der Waals surface area contributed by atoms with E-state index in [1.165, 1.54) is 28.6 Å². The lowest BCUT2D eigenvalue weighted by molar-refractivity contribution is 0.0729. The molecule has 0 amide bonds. The fourth-order valence-electron chi connectivity index (χ4n) is 2.84. The number of hydrogen-bond acceptors (Lipinski definition) is 7. The molecule has 2 aliphatic rings. The fraction of sp³-hybridized carbons (Fsp3) is 0.333. The number of morpholine rings is 2. The summed E-state index contributed by atoms with van der Waals surface area (Å²) >= 11 is 0. The first kappa shape index (κ1) is 30.3. The average Bonchev–Trinajstić information content (AvgIpc) is 2.91. The molecule has 2 aliphatic heterocycles. The van der Waals surface area contributed by atoms with Crippen LogP contribution in [0.5, 0.6) is 0 Å². The van der Waals surface area contributed by atoms with Crippen molar-refractivity contribution in [2.75, 3.05) is 52.6 Å². The highest BCUT2D eigenvalue weighted by molar-refractivity contribution is 7.86. The summed E-state index contributed by atoms with van der Waals surface area (Å²) in [6, 6.07) is 11.8. The lowest BCUT2D eigenvalue weighted by Gasteiger charge is -2.24. The molecular weight excluding hydrogens is 529 g/mol. The topological polar surface area (TPSA) is 92.6 Å². The van der Waals surface area contributed by atoms with E-state index < -0.39 is 20.8 Å². The van der Waals surface area contributed by atoms with Crippen molar-refractivity contribution in [1.29, 1.82) is 0 Å². The van der Waals surface area contributed by atoms with Crippen molar-refractivity contribution in [3.63, 3.8) is 0 Å². The molecule has 2 aromatic carbocycles. The quantitative estimate of drug-likeness (QED) is 0.455. The first-order valence-corrected chi connectivity index (χ1v) is 13.7. The summed E-state index contributed by atoms with van der Waals surface area (Å²) in [5.41, 5.74) is 1.50. The van der Waals surface area contributed by atoms with Crippen molar-refractivity contribution in [2.24, 2.45) is 8.73 Å². The maximum absolute atomic E-state index is 14.0. The summed E-state index contributed by atoms with van der Waals surface area (Å²) in [7, 11) is -8.95. The van der Waals surface area contributed by atoms with Gasteiger partial charge >= 0.3 is 10.5 Å². The van der Waals surface area contributed by atoms with Gasteiger partial charge in [-0.2, -0.15) is 17.1 Å². The molecule has 0 saturated carbocycles. The van der Waals surface area contributed by atoms with Crippen molar-refractivity contribution in [3.05, 3.63) is 59.7 Å². The molecule has 1 atom stereocenters. The van der Waals surface area contributed by atoms with E-state index in [9.17, 15) is 20.1 Å². The van der Waals surface area contributed by atoms with Gasteiger partial charge in [0.1, 0.15) is 0 Å². The lowest BCUT2D eigenvalue weighted by atomic mass is 10.2. The van der Waals surface area contributed by atoms with Crippen LogP contribution in [-0.2, 0) is 30.3 Å². The molecule has 2 heterocycles. The van der Waals surface area contributed by atoms with E-state index in [1.807, 2.05) is 0 Å². The molecule has 0 radical (unpaired) electrons. The van der Waals surface area contributed by atoms with Gasteiger partial charge in [-0.05, 0) is 48.5 Å². The van der Waals surface area contributed by atoms with E-state index in [0.29, 0.717) is 30.0 Å². The Balaban J connectivity index is 0.000000220. The van der Waals surface area contributed by atoms with Gasteiger partial charge in [-0.25, -0.2) is 0 Å². The standard InChI is InChI=1S/C12H13FN2O2S.C8H5F2NOS.C4H9NO/c1-2-11-3-5-12(6-4-11)14-18(13,16)15-7-9-17-10-8-15;1-2-7-3-5-8(6-4-7)11-13(9,10)12;1-3-6-4-2-5-1/h1,3-6H,7-10H2;1,3-6H;5H,1-4H2. The lowest BCUT2D eigenvalue weighted by Crippen LogP contribution is -2.38. The number of benzene rings is 2. The van der Waals surface area contributed by atoms with Gasteiger partial charge in [-0.15, -0.1) is 21.1 Å². The van der Waals surface area contributed by atoms with Gasteiger partial charge in [0.05, 0.1) is 37.8 Å². The van der Waals surface area contributed by atoms with E-state index >= 15 is 0 Å². The van der Waals surface area contributed by atoms with Crippen molar-refractivity contribution in [1.82, 2.24) is 9.62 Å². The molecule has 200 valence electrons. The van der Waals surface area contributed by atoms with E-state index in [-0.39, 0.29) is 18.8 Å². The third-order valence-corrected chi connectivity index (χ3v) is 6.49. The summed E-state index contributed by atoms with van der Waals surface area (Å²) in [6.07, 6.45) is 10.3. The molecule has 2 fully saturated rings. The number of rotatable bonds is 3. The monoisotopic (exact) mass is 556 g/mol. The Hall–Kier alpha value is -2.91. The van der Waals surface area contributed by atoms with Crippen LogP contribution in [0.25, 0.3) is 0 Å². The van der Waals surface area contributed by atoms with Crippen LogP contribution in [0.1, 0.15) is 11.1 Å². The van der Waals surface area contributed by atoms with Crippen molar-refractivity contribution in [2.45, 2.75) is 0 Å². The number of nitrogens with one attached hydrogen (secondary N) is 1. The van der Waals surface area contributed by atoms with Crippen molar-refractivity contribution < 1.29 is 29.5 Å². The summed E-state index contributed by atoms with van der Waals surface area (Å²) < 4.78 is 77.3. The molecule has 13 heteroatoms. The van der Waals surface area contributed by atoms with Crippen LogP contribution >= 0.6 is 0 Å². The number of hydrogen-bond donors (Lipinski definition) is 1. The minimum absolute atomic E-state index is 0.0472. The van der Waals surface area contributed by atoms with Gasteiger partial charge < -0.3 is 14.8 Å². The number of ether oxygens (including phenoxy) is 2. The largest absolute Gasteiger partial charge is 0.379 e. The van der Waals surface area contributed by atoms with Gasteiger partial charge in [-0.1, -0.05) is 19.6 Å². The highest BCUT2D eigenvalue weighted by atomic mass is 32.3. The molecule has 0 spiro atoms. The van der Waals surface area contributed by atoms with Gasteiger partial charge in [0, 0.05) is 37.3 Å². The van der Waals surface area contributed by atoms with E-state index in [1.54, 1.807) is 24.3 Å². The first-order chi connectivity index (χ1) is 17.6. The molecular formula is C24H27F3N4O4S2. The Kier molecular flexibility index (Phi) is 12.6. The molecule has 1 N–H and O–H groups in total.